The Morgan fingerprint density at radius 1 is 1.43 bits per heavy atom. The fourth-order valence-corrected chi connectivity index (χ4v) is 3.74. The minimum absolute atomic E-state index is 0.0399. The summed E-state index contributed by atoms with van der Waals surface area (Å²) in [5.41, 5.74) is 0. The molecule has 2 amide bonds. The van der Waals surface area contributed by atoms with E-state index in [-0.39, 0.29) is 24.4 Å². The van der Waals surface area contributed by atoms with Gasteiger partial charge in [0.05, 0.1) is 10.5 Å². The van der Waals surface area contributed by atoms with Crippen LogP contribution in [0.3, 0.4) is 0 Å². The summed E-state index contributed by atoms with van der Waals surface area (Å²) in [7, 11) is -3.14. The highest BCUT2D eigenvalue weighted by atomic mass is 32.2. The summed E-state index contributed by atoms with van der Waals surface area (Å²) in [4.78, 5) is 13.8. The van der Waals surface area contributed by atoms with Crippen LogP contribution >= 0.6 is 0 Å². The van der Waals surface area contributed by atoms with Crippen LogP contribution < -0.4 is 5.32 Å². The van der Waals surface area contributed by atoms with Crippen molar-refractivity contribution in [3.05, 3.63) is 12.7 Å². The molecule has 6 heteroatoms. The number of sulfone groups is 1. The SMILES string of the molecule is C=CCCC[C@@H](C)NC(=O)N1CCC(C)(C)S(=O)(=O)CC1. The number of nitrogens with one attached hydrogen (secondary N) is 1. The molecule has 0 spiro atoms. The van der Waals surface area contributed by atoms with Crippen LogP contribution in [0.5, 0.6) is 0 Å². The van der Waals surface area contributed by atoms with Crippen LogP contribution in [0.15, 0.2) is 12.7 Å². The second-order valence-electron chi connectivity index (χ2n) is 6.39. The zero-order valence-corrected chi connectivity index (χ0v) is 14.2. The van der Waals surface area contributed by atoms with Crippen LogP contribution in [-0.4, -0.2) is 49.0 Å². The van der Waals surface area contributed by atoms with E-state index in [1.807, 2.05) is 13.0 Å². The van der Waals surface area contributed by atoms with Crippen LogP contribution in [-0.2, 0) is 9.84 Å². The van der Waals surface area contributed by atoms with Gasteiger partial charge in [0.15, 0.2) is 9.84 Å². The molecule has 1 N–H and O–H groups in total. The van der Waals surface area contributed by atoms with Crippen molar-refractivity contribution < 1.29 is 13.2 Å². The Morgan fingerprint density at radius 3 is 2.71 bits per heavy atom. The highest BCUT2D eigenvalue weighted by Gasteiger charge is 2.38. The van der Waals surface area contributed by atoms with E-state index in [0.29, 0.717) is 13.0 Å². The van der Waals surface area contributed by atoms with Crippen molar-refractivity contribution in [2.24, 2.45) is 0 Å². The molecule has 0 aromatic rings. The Kier molecular flexibility index (Phi) is 6.25. The molecule has 1 aliphatic heterocycles. The quantitative estimate of drug-likeness (QED) is 0.625. The third kappa shape index (κ3) is 5.02. The molecule has 1 saturated heterocycles. The molecule has 1 heterocycles. The molecule has 1 aliphatic rings. The first-order valence-corrected chi connectivity index (χ1v) is 9.23. The van der Waals surface area contributed by atoms with E-state index in [2.05, 4.69) is 11.9 Å². The molecule has 0 aromatic carbocycles. The third-order valence-corrected chi connectivity index (χ3v) is 6.77. The van der Waals surface area contributed by atoms with Gasteiger partial charge in [-0.1, -0.05) is 6.08 Å². The van der Waals surface area contributed by atoms with Gasteiger partial charge in [0.25, 0.3) is 0 Å². The molecule has 0 unspecified atom stereocenters. The molecule has 1 rings (SSSR count). The van der Waals surface area contributed by atoms with Crippen LogP contribution in [0.2, 0.25) is 0 Å². The molecule has 0 radical (unpaired) electrons. The molecular formula is C15H28N2O3S. The number of hydrogen-bond acceptors (Lipinski definition) is 3. The van der Waals surface area contributed by atoms with Crippen molar-refractivity contribution in [3.8, 4) is 0 Å². The monoisotopic (exact) mass is 316 g/mol. The minimum atomic E-state index is -3.14. The van der Waals surface area contributed by atoms with Crippen molar-refractivity contribution in [2.75, 3.05) is 18.8 Å². The standard InChI is InChI=1S/C15H28N2O3S/c1-5-6-7-8-13(2)16-14(18)17-10-9-15(3,4)21(19,20)12-11-17/h5,13H,1,6-12H2,2-4H3,(H,16,18)/t13-/m1/s1. The van der Waals surface area contributed by atoms with Gasteiger partial charge >= 0.3 is 6.03 Å². The van der Waals surface area contributed by atoms with E-state index in [0.717, 1.165) is 19.3 Å². The van der Waals surface area contributed by atoms with Gasteiger partial charge in [-0.25, -0.2) is 13.2 Å². The number of unbranched alkanes of at least 4 members (excludes halogenated alkanes) is 1. The normalized spacial score (nSPS) is 22.1. The van der Waals surface area contributed by atoms with Crippen molar-refractivity contribution in [2.45, 2.75) is 57.2 Å². The summed E-state index contributed by atoms with van der Waals surface area (Å²) in [6.45, 7) is 9.88. The first-order valence-electron chi connectivity index (χ1n) is 7.58. The lowest BCUT2D eigenvalue weighted by Gasteiger charge is -2.24. The number of nitrogens with zero attached hydrogens (tertiary/aromatic N) is 1. The fourth-order valence-electron chi connectivity index (χ4n) is 2.32. The molecule has 0 aromatic heterocycles. The number of carbonyl (C=O) groups excluding carboxylic acids is 1. The van der Waals surface area contributed by atoms with E-state index >= 15 is 0 Å². The number of carbonyl (C=O) groups is 1. The molecule has 1 fully saturated rings. The number of amides is 2. The topological polar surface area (TPSA) is 66.5 Å². The molecule has 0 bridgehead atoms. The summed E-state index contributed by atoms with van der Waals surface area (Å²) in [5, 5.41) is 2.95. The van der Waals surface area contributed by atoms with Gasteiger partial charge in [0.2, 0.25) is 0 Å². The highest BCUT2D eigenvalue weighted by molar-refractivity contribution is 7.92. The maximum Gasteiger partial charge on any atom is 0.317 e. The predicted molar refractivity (Wildman–Crippen MR) is 86.1 cm³/mol. The van der Waals surface area contributed by atoms with Gasteiger partial charge in [0.1, 0.15) is 0 Å². The van der Waals surface area contributed by atoms with Gasteiger partial charge in [-0.15, -0.1) is 6.58 Å². The summed E-state index contributed by atoms with van der Waals surface area (Å²) < 4.78 is 23.5. The molecule has 122 valence electrons. The highest BCUT2D eigenvalue weighted by Crippen LogP contribution is 2.25. The Morgan fingerprint density at radius 2 is 2.10 bits per heavy atom. The Bertz CT molecular complexity index is 471. The van der Waals surface area contributed by atoms with E-state index < -0.39 is 14.6 Å². The second-order valence-corrected chi connectivity index (χ2v) is 9.13. The van der Waals surface area contributed by atoms with Crippen molar-refractivity contribution in [1.82, 2.24) is 10.2 Å². The Labute approximate surface area is 128 Å². The van der Waals surface area contributed by atoms with E-state index in [4.69, 9.17) is 0 Å². The van der Waals surface area contributed by atoms with Crippen LogP contribution in [0.1, 0.15) is 46.5 Å². The molecule has 0 saturated carbocycles. The van der Waals surface area contributed by atoms with Crippen LogP contribution in [0.25, 0.3) is 0 Å². The number of rotatable bonds is 5. The summed E-state index contributed by atoms with van der Waals surface area (Å²) in [5.74, 6) is 0.0399. The maximum absolute atomic E-state index is 12.2. The summed E-state index contributed by atoms with van der Waals surface area (Å²) in [6.07, 6.45) is 5.18. The fraction of sp³-hybridized carbons (Fsp3) is 0.800. The Hall–Kier alpha value is -1.04. The molecule has 1 atom stereocenters. The number of hydrogen-bond donors (Lipinski definition) is 1. The lowest BCUT2D eigenvalue weighted by atomic mass is 10.1. The molecule has 21 heavy (non-hydrogen) atoms. The lowest BCUT2D eigenvalue weighted by Crippen LogP contribution is -2.45. The number of allylic oxidation sites excluding steroid dienone is 1. The third-order valence-electron chi connectivity index (χ3n) is 4.16. The second kappa shape index (κ2) is 7.29. The maximum atomic E-state index is 12.2. The zero-order valence-electron chi connectivity index (χ0n) is 13.4. The van der Waals surface area contributed by atoms with E-state index in [1.54, 1.807) is 18.7 Å². The minimum Gasteiger partial charge on any atom is -0.336 e. The van der Waals surface area contributed by atoms with Gasteiger partial charge in [-0.05, 0) is 46.5 Å². The van der Waals surface area contributed by atoms with E-state index in [9.17, 15) is 13.2 Å². The first-order chi connectivity index (χ1) is 9.69. The summed E-state index contributed by atoms with van der Waals surface area (Å²) >= 11 is 0. The molecule has 5 nitrogen and oxygen atoms in total. The number of urea groups is 1. The van der Waals surface area contributed by atoms with Gasteiger partial charge in [-0.3, -0.25) is 0 Å². The first kappa shape index (κ1) is 18.0. The van der Waals surface area contributed by atoms with Crippen LogP contribution in [0.4, 0.5) is 4.79 Å². The predicted octanol–water partition coefficient (Wildman–Crippen LogP) is 2.34. The van der Waals surface area contributed by atoms with Crippen LogP contribution in [0, 0.1) is 0 Å². The smallest absolute Gasteiger partial charge is 0.317 e. The van der Waals surface area contributed by atoms with Gasteiger partial charge in [-0.2, -0.15) is 0 Å². The van der Waals surface area contributed by atoms with Gasteiger partial charge < -0.3 is 10.2 Å². The van der Waals surface area contributed by atoms with Crippen molar-refractivity contribution in [3.63, 3.8) is 0 Å². The largest absolute Gasteiger partial charge is 0.336 e. The molecular weight excluding hydrogens is 288 g/mol. The summed E-state index contributed by atoms with van der Waals surface area (Å²) in [6, 6.07) is -0.0701. The zero-order chi connectivity index (χ0) is 16.1. The van der Waals surface area contributed by atoms with Gasteiger partial charge in [0, 0.05) is 19.1 Å². The lowest BCUT2D eigenvalue weighted by molar-refractivity contribution is 0.196. The molecule has 0 aliphatic carbocycles. The van der Waals surface area contributed by atoms with E-state index in [1.165, 1.54) is 0 Å². The average molecular weight is 316 g/mol. The van der Waals surface area contributed by atoms with Crippen molar-refractivity contribution in [1.29, 1.82) is 0 Å². The Balaban J connectivity index is 2.54. The average Bonchev–Trinajstić information content (AvgIpc) is 2.47. The van der Waals surface area contributed by atoms with Crippen molar-refractivity contribution >= 4 is 15.9 Å².